The Morgan fingerprint density at radius 2 is 1.85 bits per heavy atom. The van der Waals surface area contributed by atoms with E-state index in [2.05, 4.69) is 15.6 Å². The molecule has 0 spiro atoms. The Morgan fingerprint density at radius 1 is 1.19 bits per heavy atom. The van der Waals surface area contributed by atoms with E-state index >= 15 is 0 Å². The highest BCUT2D eigenvalue weighted by Gasteiger charge is 2.54. The second kappa shape index (κ2) is 7.05. The lowest BCUT2D eigenvalue weighted by Crippen LogP contribution is -2.53. The molecule has 4 fully saturated rings. The summed E-state index contributed by atoms with van der Waals surface area (Å²) in [6, 6.07) is 0.0376. The molecule has 4 saturated carbocycles. The van der Waals surface area contributed by atoms with E-state index in [1.807, 2.05) is 17.7 Å². The van der Waals surface area contributed by atoms with Gasteiger partial charge in [0.2, 0.25) is 11.8 Å². The van der Waals surface area contributed by atoms with Crippen LogP contribution in [0.2, 0.25) is 0 Å². The summed E-state index contributed by atoms with van der Waals surface area (Å²) in [7, 11) is 0. The summed E-state index contributed by atoms with van der Waals surface area (Å²) in [6.45, 7) is 3.11. The maximum absolute atomic E-state index is 12.9. The summed E-state index contributed by atoms with van der Waals surface area (Å²) < 4.78 is 1.94. The SMILES string of the molecule is C[C@@H](Cn1ccnc1)NC(=O)CCNC(=O)C12CC3CC(CC(C3)C1)C2. The molecule has 26 heavy (non-hydrogen) atoms. The molecule has 6 nitrogen and oxygen atoms in total. The lowest BCUT2D eigenvalue weighted by atomic mass is 9.49. The Bertz CT molecular complexity index is 619. The Kier molecular flexibility index (Phi) is 4.76. The smallest absolute Gasteiger partial charge is 0.226 e. The summed E-state index contributed by atoms with van der Waals surface area (Å²) in [5.74, 6) is 2.48. The average molecular weight is 358 g/mol. The number of amides is 2. The van der Waals surface area contributed by atoms with Crippen molar-refractivity contribution < 1.29 is 9.59 Å². The number of hydrogen-bond acceptors (Lipinski definition) is 3. The van der Waals surface area contributed by atoms with Gasteiger partial charge < -0.3 is 15.2 Å². The second-order valence-electron chi connectivity index (χ2n) is 8.93. The van der Waals surface area contributed by atoms with Crippen LogP contribution >= 0.6 is 0 Å². The van der Waals surface area contributed by atoms with Crippen LogP contribution in [0.3, 0.4) is 0 Å². The van der Waals surface area contributed by atoms with Gasteiger partial charge >= 0.3 is 0 Å². The first kappa shape index (κ1) is 17.6. The molecule has 4 aliphatic carbocycles. The number of rotatable bonds is 7. The fourth-order valence-electron chi connectivity index (χ4n) is 5.97. The van der Waals surface area contributed by atoms with Crippen LogP contribution in [-0.4, -0.2) is 34.0 Å². The lowest BCUT2D eigenvalue weighted by Gasteiger charge is -2.55. The van der Waals surface area contributed by atoms with Crippen molar-refractivity contribution in [2.45, 2.75) is 64.5 Å². The third-order valence-corrected chi connectivity index (χ3v) is 6.61. The zero-order valence-corrected chi connectivity index (χ0v) is 15.6. The zero-order valence-electron chi connectivity index (χ0n) is 15.6. The molecule has 2 amide bonds. The van der Waals surface area contributed by atoms with Crippen molar-refractivity contribution in [3.63, 3.8) is 0 Å². The van der Waals surface area contributed by atoms with E-state index in [0.29, 0.717) is 19.5 Å². The molecule has 0 unspecified atom stereocenters. The quantitative estimate of drug-likeness (QED) is 0.784. The number of carbonyl (C=O) groups excluding carboxylic acids is 2. The van der Waals surface area contributed by atoms with Gasteiger partial charge in [-0.2, -0.15) is 0 Å². The Labute approximate surface area is 155 Å². The summed E-state index contributed by atoms with van der Waals surface area (Å²) in [5, 5.41) is 6.06. The van der Waals surface area contributed by atoms with Crippen molar-refractivity contribution in [3.8, 4) is 0 Å². The van der Waals surface area contributed by atoms with E-state index in [0.717, 1.165) is 37.0 Å². The number of nitrogens with zero attached hydrogens (tertiary/aromatic N) is 2. The van der Waals surface area contributed by atoms with Crippen LogP contribution in [0.4, 0.5) is 0 Å². The maximum Gasteiger partial charge on any atom is 0.226 e. The summed E-state index contributed by atoms with van der Waals surface area (Å²) in [5.41, 5.74) is -0.125. The Balaban J connectivity index is 1.21. The predicted molar refractivity (Wildman–Crippen MR) is 98.1 cm³/mol. The maximum atomic E-state index is 12.9. The fourth-order valence-corrected chi connectivity index (χ4v) is 5.97. The minimum atomic E-state index is -0.125. The lowest BCUT2D eigenvalue weighted by molar-refractivity contribution is -0.146. The van der Waals surface area contributed by atoms with E-state index in [9.17, 15) is 9.59 Å². The van der Waals surface area contributed by atoms with Gasteiger partial charge in [0.15, 0.2) is 0 Å². The largest absolute Gasteiger partial charge is 0.355 e. The second-order valence-corrected chi connectivity index (χ2v) is 8.93. The predicted octanol–water partition coefficient (Wildman–Crippen LogP) is 2.11. The molecule has 5 rings (SSSR count). The molecule has 0 radical (unpaired) electrons. The molecule has 1 atom stereocenters. The third-order valence-electron chi connectivity index (χ3n) is 6.61. The number of aromatic nitrogens is 2. The molecule has 2 N–H and O–H groups in total. The normalized spacial score (nSPS) is 33.0. The molecule has 0 aliphatic heterocycles. The van der Waals surface area contributed by atoms with Crippen molar-refractivity contribution in [1.29, 1.82) is 0 Å². The Hall–Kier alpha value is -1.85. The number of hydrogen-bond donors (Lipinski definition) is 2. The Morgan fingerprint density at radius 3 is 2.42 bits per heavy atom. The van der Waals surface area contributed by atoms with E-state index < -0.39 is 0 Å². The topological polar surface area (TPSA) is 76.0 Å². The minimum Gasteiger partial charge on any atom is -0.355 e. The zero-order chi connectivity index (χ0) is 18.1. The molecule has 142 valence electrons. The molecule has 1 heterocycles. The van der Waals surface area contributed by atoms with E-state index in [1.54, 1.807) is 12.5 Å². The van der Waals surface area contributed by atoms with Crippen molar-refractivity contribution in [2.75, 3.05) is 6.54 Å². The third kappa shape index (κ3) is 3.64. The standard InChI is InChI=1S/C20H30N4O2/c1-14(12-24-5-4-21-13-24)23-18(25)2-3-22-19(26)20-9-15-6-16(10-20)8-17(7-15)11-20/h4-5,13-17H,2-3,6-12H2,1H3,(H,22,26)(H,23,25)/t14-,15?,16?,17?,20?/m0/s1. The summed E-state index contributed by atoms with van der Waals surface area (Å²) >= 11 is 0. The highest BCUT2D eigenvalue weighted by molar-refractivity contribution is 5.84. The monoisotopic (exact) mass is 358 g/mol. The molecule has 6 heteroatoms. The highest BCUT2D eigenvalue weighted by Crippen LogP contribution is 2.60. The minimum absolute atomic E-state index is 0.0107. The van der Waals surface area contributed by atoms with Crippen LogP contribution in [-0.2, 0) is 16.1 Å². The van der Waals surface area contributed by atoms with Gasteiger partial charge in [-0.05, 0) is 63.2 Å². The van der Waals surface area contributed by atoms with Gasteiger partial charge in [-0.25, -0.2) is 4.98 Å². The van der Waals surface area contributed by atoms with Gasteiger partial charge in [0.05, 0.1) is 6.33 Å². The number of imidazole rings is 1. The molecule has 1 aromatic heterocycles. The molecule has 4 aliphatic rings. The molecule has 1 aromatic rings. The fraction of sp³-hybridized carbons (Fsp3) is 0.750. The van der Waals surface area contributed by atoms with Crippen molar-refractivity contribution in [1.82, 2.24) is 20.2 Å². The van der Waals surface area contributed by atoms with Crippen molar-refractivity contribution in [3.05, 3.63) is 18.7 Å². The van der Waals surface area contributed by atoms with Crippen LogP contribution in [0, 0.1) is 23.2 Å². The molecule has 0 aromatic carbocycles. The van der Waals surface area contributed by atoms with Gasteiger partial charge in [0.25, 0.3) is 0 Å². The molecular formula is C20H30N4O2. The van der Waals surface area contributed by atoms with Crippen LogP contribution in [0.15, 0.2) is 18.7 Å². The first-order chi connectivity index (χ1) is 12.5. The van der Waals surface area contributed by atoms with E-state index in [4.69, 9.17) is 0 Å². The molecular weight excluding hydrogens is 328 g/mol. The van der Waals surface area contributed by atoms with Crippen LogP contribution in [0.25, 0.3) is 0 Å². The van der Waals surface area contributed by atoms with Crippen molar-refractivity contribution >= 4 is 11.8 Å². The van der Waals surface area contributed by atoms with Gasteiger partial charge in [-0.1, -0.05) is 0 Å². The van der Waals surface area contributed by atoms with Crippen LogP contribution in [0.5, 0.6) is 0 Å². The summed E-state index contributed by atoms with van der Waals surface area (Å²) in [4.78, 5) is 29.0. The number of carbonyl (C=O) groups is 2. The average Bonchev–Trinajstić information content (AvgIpc) is 3.06. The summed E-state index contributed by atoms with van der Waals surface area (Å²) in [6.07, 6.45) is 12.9. The van der Waals surface area contributed by atoms with Crippen LogP contribution in [0.1, 0.15) is 51.9 Å². The first-order valence-electron chi connectivity index (χ1n) is 10.1. The van der Waals surface area contributed by atoms with Gasteiger partial charge in [-0.15, -0.1) is 0 Å². The van der Waals surface area contributed by atoms with Gasteiger partial charge in [-0.3, -0.25) is 9.59 Å². The molecule has 4 bridgehead atoms. The van der Waals surface area contributed by atoms with E-state index in [-0.39, 0.29) is 23.3 Å². The van der Waals surface area contributed by atoms with Crippen molar-refractivity contribution in [2.24, 2.45) is 23.2 Å². The number of nitrogens with one attached hydrogen (secondary N) is 2. The van der Waals surface area contributed by atoms with E-state index in [1.165, 1.54) is 19.3 Å². The van der Waals surface area contributed by atoms with Gasteiger partial charge in [0.1, 0.15) is 0 Å². The molecule has 0 saturated heterocycles. The first-order valence-corrected chi connectivity index (χ1v) is 10.1. The highest BCUT2D eigenvalue weighted by atomic mass is 16.2. The van der Waals surface area contributed by atoms with Gasteiger partial charge in [0, 0.05) is 43.4 Å². The van der Waals surface area contributed by atoms with Crippen LogP contribution < -0.4 is 10.6 Å².